The van der Waals surface area contributed by atoms with Gasteiger partial charge in [-0.25, -0.2) is 4.79 Å². The van der Waals surface area contributed by atoms with Gasteiger partial charge in [-0.3, -0.25) is 4.79 Å². The maximum Gasteiger partial charge on any atom is 0.407 e. The number of hydrogen-bond acceptors (Lipinski definition) is 4. The maximum absolute atomic E-state index is 13.0. The van der Waals surface area contributed by atoms with Gasteiger partial charge in [0.15, 0.2) is 0 Å². The molecule has 0 heterocycles. The second-order valence-corrected chi connectivity index (χ2v) is 8.52. The molecular formula is C29H25NO5. The van der Waals surface area contributed by atoms with E-state index in [9.17, 15) is 14.7 Å². The molecule has 1 aliphatic rings. The molecule has 0 unspecified atom stereocenters. The van der Waals surface area contributed by atoms with Crippen LogP contribution >= 0.6 is 0 Å². The van der Waals surface area contributed by atoms with Gasteiger partial charge in [-0.2, -0.15) is 0 Å². The van der Waals surface area contributed by atoms with Crippen LogP contribution in [0.15, 0.2) is 84.9 Å². The number of fused-ring (bicyclic) bond motifs is 4. The van der Waals surface area contributed by atoms with E-state index in [0.717, 1.165) is 33.0 Å². The van der Waals surface area contributed by atoms with Gasteiger partial charge in [0.2, 0.25) is 0 Å². The Morgan fingerprint density at radius 1 is 0.886 bits per heavy atom. The summed E-state index contributed by atoms with van der Waals surface area (Å²) in [4.78, 5) is 24.7. The normalized spacial score (nSPS) is 13.1. The molecule has 1 atom stereocenters. The SMILES string of the molecule is COc1ccc2ccccc2c1[C@H](CC(=O)O)NC(=O)OCC1c2ccccc2-c2ccccc21. The largest absolute Gasteiger partial charge is 0.496 e. The van der Waals surface area contributed by atoms with Crippen molar-refractivity contribution in [1.82, 2.24) is 5.32 Å². The van der Waals surface area contributed by atoms with Gasteiger partial charge in [0.25, 0.3) is 0 Å². The molecule has 1 aliphatic carbocycles. The number of benzene rings is 4. The van der Waals surface area contributed by atoms with Crippen LogP contribution in [-0.4, -0.2) is 30.9 Å². The molecule has 2 N–H and O–H groups in total. The molecule has 4 aromatic carbocycles. The number of nitrogens with one attached hydrogen (secondary N) is 1. The van der Waals surface area contributed by atoms with E-state index >= 15 is 0 Å². The number of carbonyl (C=O) groups is 2. The van der Waals surface area contributed by atoms with Gasteiger partial charge in [-0.05, 0) is 39.1 Å². The van der Waals surface area contributed by atoms with Gasteiger partial charge in [-0.1, -0.05) is 78.9 Å². The minimum absolute atomic E-state index is 0.0850. The minimum atomic E-state index is -1.04. The predicted molar refractivity (Wildman–Crippen MR) is 134 cm³/mol. The zero-order valence-electron chi connectivity index (χ0n) is 19.2. The van der Waals surface area contributed by atoms with Crippen molar-refractivity contribution in [3.8, 4) is 16.9 Å². The van der Waals surface area contributed by atoms with Crippen LogP contribution in [0.25, 0.3) is 21.9 Å². The number of carboxylic acid groups (broad SMARTS) is 1. The quantitative estimate of drug-likeness (QED) is 0.353. The van der Waals surface area contributed by atoms with E-state index < -0.39 is 18.1 Å². The molecule has 5 rings (SSSR count). The zero-order chi connectivity index (χ0) is 24.4. The Morgan fingerprint density at radius 3 is 2.17 bits per heavy atom. The summed E-state index contributed by atoms with van der Waals surface area (Å²) in [5, 5.41) is 14.1. The van der Waals surface area contributed by atoms with Crippen molar-refractivity contribution in [1.29, 1.82) is 0 Å². The Balaban J connectivity index is 1.40. The summed E-state index contributed by atoms with van der Waals surface area (Å²) in [5.41, 5.74) is 5.11. The van der Waals surface area contributed by atoms with Crippen molar-refractivity contribution in [2.24, 2.45) is 0 Å². The summed E-state index contributed by atoms with van der Waals surface area (Å²) >= 11 is 0. The summed E-state index contributed by atoms with van der Waals surface area (Å²) in [5.74, 6) is -0.615. The van der Waals surface area contributed by atoms with Crippen LogP contribution < -0.4 is 10.1 Å². The highest BCUT2D eigenvalue weighted by Gasteiger charge is 2.30. The van der Waals surface area contributed by atoms with Gasteiger partial charge < -0.3 is 19.9 Å². The van der Waals surface area contributed by atoms with E-state index in [1.807, 2.05) is 54.6 Å². The number of hydrogen-bond donors (Lipinski definition) is 2. The number of methoxy groups -OCH3 is 1. The van der Waals surface area contributed by atoms with Crippen LogP contribution in [0.2, 0.25) is 0 Å². The van der Waals surface area contributed by atoms with Gasteiger partial charge in [0.05, 0.1) is 19.6 Å². The lowest BCUT2D eigenvalue weighted by atomic mass is 9.95. The fraction of sp³-hybridized carbons (Fsp3) is 0.172. The Kier molecular flexibility index (Phi) is 6.10. The Bertz CT molecular complexity index is 1370. The fourth-order valence-electron chi connectivity index (χ4n) is 5.00. The van der Waals surface area contributed by atoms with Crippen molar-refractivity contribution >= 4 is 22.8 Å². The van der Waals surface area contributed by atoms with Crippen molar-refractivity contribution in [2.75, 3.05) is 13.7 Å². The van der Waals surface area contributed by atoms with Gasteiger partial charge in [0.1, 0.15) is 12.4 Å². The van der Waals surface area contributed by atoms with Crippen LogP contribution in [0.3, 0.4) is 0 Å². The van der Waals surface area contributed by atoms with Crippen LogP contribution in [0.4, 0.5) is 4.79 Å². The second kappa shape index (κ2) is 9.50. The van der Waals surface area contributed by atoms with Crippen molar-refractivity contribution in [3.05, 3.63) is 102 Å². The molecule has 1 amide bonds. The Morgan fingerprint density at radius 2 is 1.51 bits per heavy atom. The molecule has 4 aromatic rings. The van der Waals surface area contributed by atoms with Crippen molar-refractivity contribution in [2.45, 2.75) is 18.4 Å². The molecule has 0 aliphatic heterocycles. The van der Waals surface area contributed by atoms with E-state index in [1.54, 1.807) is 6.07 Å². The van der Waals surface area contributed by atoms with E-state index in [0.29, 0.717) is 11.3 Å². The van der Waals surface area contributed by atoms with Crippen LogP contribution in [0.1, 0.15) is 35.1 Å². The van der Waals surface area contributed by atoms with E-state index in [2.05, 4.69) is 29.6 Å². The highest BCUT2D eigenvalue weighted by atomic mass is 16.5. The minimum Gasteiger partial charge on any atom is -0.496 e. The predicted octanol–water partition coefficient (Wildman–Crippen LogP) is 5.90. The monoisotopic (exact) mass is 467 g/mol. The summed E-state index contributed by atoms with van der Waals surface area (Å²) in [6.45, 7) is 0.145. The summed E-state index contributed by atoms with van der Waals surface area (Å²) in [6, 6.07) is 26.7. The topological polar surface area (TPSA) is 84.9 Å². The average Bonchev–Trinajstić information content (AvgIpc) is 3.20. The molecule has 0 saturated carbocycles. The lowest BCUT2D eigenvalue weighted by Gasteiger charge is -2.22. The molecule has 0 bridgehead atoms. The smallest absolute Gasteiger partial charge is 0.407 e. The standard InChI is InChI=1S/C29H25NO5/c1-34-26-15-14-18-8-2-3-9-19(18)28(26)25(16-27(31)32)30-29(33)35-17-24-22-12-6-4-10-20(22)21-11-5-7-13-23(21)24/h2-15,24-25H,16-17H2,1H3,(H,30,33)(H,31,32)/t25-/m0/s1. The maximum atomic E-state index is 13.0. The first-order chi connectivity index (χ1) is 17.1. The second-order valence-electron chi connectivity index (χ2n) is 8.52. The van der Waals surface area contributed by atoms with Crippen molar-refractivity contribution < 1.29 is 24.2 Å². The molecule has 0 fully saturated rings. The number of rotatable bonds is 7. The summed E-state index contributed by atoms with van der Waals surface area (Å²) in [6.07, 6.45) is -0.984. The number of carbonyl (C=O) groups excluding carboxylic acids is 1. The highest BCUT2D eigenvalue weighted by molar-refractivity contribution is 5.89. The molecule has 0 saturated heterocycles. The number of amides is 1. The molecule has 6 nitrogen and oxygen atoms in total. The molecule has 0 aromatic heterocycles. The van der Waals surface area contributed by atoms with Gasteiger partial charge in [-0.15, -0.1) is 0 Å². The van der Waals surface area contributed by atoms with Crippen molar-refractivity contribution in [3.63, 3.8) is 0 Å². The third-order valence-electron chi connectivity index (χ3n) is 6.51. The van der Waals surface area contributed by atoms with E-state index in [-0.39, 0.29) is 18.9 Å². The number of aliphatic carboxylic acids is 1. The first-order valence-corrected chi connectivity index (χ1v) is 11.5. The van der Waals surface area contributed by atoms with E-state index in [1.165, 1.54) is 7.11 Å². The number of ether oxygens (including phenoxy) is 2. The van der Waals surface area contributed by atoms with Gasteiger partial charge >= 0.3 is 12.1 Å². The molecule has 0 spiro atoms. The Hall–Kier alpha value is -4.32. The molecule has 0 radical (unpaired) electrons. The lowest BCUT2D eigenvalue weighted by Crippen LogP contribution is -2.32. The first-order valence-electron chi connectivity index (χ1n) is 11.5. The van der Waals surface area contributed by atoms with E-state index in [4.69, 9.17) is 9.47 Å². The van der Waals surface area contributed by atoms with Crippen LogP contribution in [0, 0.1) is 0 Å². The molecule has 35 heavy (non-hydrogen) atoms. The lowest BCUT2D eigenvalue weighted by molar-refractivity contribution is -0.137. The first kappa shape index (κ1) is 22.5. The summed E-state index contributed by atoms with van der Waals surface area (Å²) in [7, 11) is 1.53. The van der Waals surface area contributed by atoms with Crippen LogP contribution in [0.5, 0.6) is 5.75 Å². The molecule has 176 valence electrons. The number of alkyl carbamates (subject to hydrolysis) is 1. The molecular weight excluding hydrogens is 442 g/mol. The fourth-order valence-corrected chi connectivity index (χ4v) is 5.00. The zero-order valence-corrected chi connectivity index (χ0v) is 19.2. The van der Waals surface area contributed by atoms with Crippen LogP contribution in [-0.2, 0) is 9.53 Å². The highest BCUT2D eigenvalue weighted by Crippen LogP contribution is 2.44. The third-order valence-corrected chi connectivity index (χ3v) is 6.51. The third kappa shape index (κ3) is 4.30. The average molecular weight is 468 g/mol. The molecule has 6 heteroatoms. The van der Waals surface area contributed by atoms with Gasteiger partial charge in [0, 0.05) is 11.5 Å². The summed E-state index contributed by atoms with van der Waals surface area (Å²) < 4.78 is 11.2. The number of carboxylic acids is 1. The Labute approximate surface area is 203 Å².